The van der Waals surface area contributed by atoms with Crippen LogP contribution in [0.25, 0.3) is 0 Å². The molecule has 2 rings (SSSR count). The lowest BCUT2D eigenvalue weighted by molar-refractivity contribution is -0.0659. The van der Waals surface area contributed by atoms with Gasteiger partial charge in [0.05, 0.1) is 25.3 Å². The number of carbonyl (C=O) groups excluding carboxylic acids is 1. The first-order valence-corrected chi connectivity index (χ1v) is 8.22. The summed E-state index contributed by atoms with van der Waals surface area (Å²) in [5.41, 5.74) is 6.26. The molecule has 1 fully saturated rings. The summed E-state index contributed by atoms with van der Waals surface area (Å²) in [6.07, 6.45) is 0.218. The molecule has 0 bridgehead atoms. The van der Waals surface area contributed by atoms with Crippen molar-refractivity contribution in [1.82, 2.24) is 4.90 Å². The zero-order valence-corrected chi connectivity index (χ0v) is 14.7. The molecule has 0 aliphatic carbocycles. The van der Waals surface area contributed by atoms with Crippen molar-refractivity contribution in [3.63, 3.8) is 0 Å². The predicted molar refractivity (Wildman–Crippen MR) is 90.7 cm³/mol. The lowest BCUT2D eigenvalue weighted by atomic mass is 10.0. The lowest BCUT2D eigenvalue weighted by Gasteiger charge is -2.40. The van der Waals surface area contributed by atoms with E-state index >= 15 is 0 Å². The van der Waals surface area contributed by atoms with E-state index in [1.807, 2.05) is 45.0 Å². The number of ether oxygens (including phenoxy) is 2. The Bertz CT molecular complexity index is 528. The van der Waals surface area contributed by atoms with Crippen molar-refractivity contribution < 1.29 is 14.3 Å². The van der Waals surface area contributed by atoms with Gasteiger partial charge in [0.2, 0.25) is 0 Å². The smallest absolute Gasteiger partial charge is 0.410 e. The van der Waals surface area contributed by atoms with Gasteiger partial charge in [0.15, 0.2) is 0 Å². The summed E-state index contributed by atoms with van der Waals surface area (Å²) in [4.78, 5) is 14.3. The molecule has 5 nitrogen and oxygen atoms in total. The summed E-state index contributed by atoms with van der Waals surface area (Å²) in [6.45, 7) is 6.86. The van der Waals surface area contributed by atoms with Crippen LogP contribution in [0.5, 0.6) is 0 Å². The van der Waals surface area contributed by atoms with E-state index in [1.165, 1.54) is 0 Å². The molecule has 1 aliphatic heterocycles. The minimum absolute atomic E-state index is 0.0752. The Labute approximate surface area is 142 Å². The Balaban J connectivity index is 2.11. The highest BCUT2D eigenvalue weighted by Crippen LogP contribution is 2.20. The van der Waals surface area contributed by atoms with Crippen molar-refractivity contribution in [2.24, 2.45) is 5.73 Å². The number of rotatable bonds is 3. The van der Waals surface area contributed by atoms with Crippen molar-refractivity contribution in [1.29, 1.82) is 0 Å². The third-order valence-corrected chi connectivity index (χ3v) is 3.89. The van der Waals surface area contributed by atoms with E-state index in [0.29, 0.717) is 31.1 Å². The summed E-state index contributed by atoms with van der Waals surface area (Å²) in [6, 6.07) is 7.55. The number of hydrogen-bond acceptors (Lipinski definition) is 4. The molecular weight excluding hydrogens is 316 g/mol. The van der Waals surface area contributed by atoms with Crippen LogP contribution in [-0.2, 0) is 15.9 Å². The van der Waals surface area contributed by atoms with Gasteiger partial charge in [-0.15, -0.1) is 0 Å². The largest absolute Gasteiger partial charge is 0.444 e. The van der Waals surface area contributed by atoms with Gasteiger partial charge in [-0.2, -0.15) is 0 Å². The summed E-state index contributed by atoms with van der Waals surface area (Å²) in [5.74, 6) is 0. The standard InChI is InChI=1S/C17H25ClN2O3/c1-17(2,3)23-16(21)20-10-15(9-19)22-11-14(20)8-12-4-6-13(18)7-5-12/h4-7,14-15H,8-11,19H2,1-3H3/t14-,15-/m0/s1. The molecule has 1 aliphatic rings. The molecular formula is C17H25ClN2O3. The molecule has 1 saturated heterocycles. The Morgan fingerprint density at radius 1 is 1.39 bits per heavy atom. The topological polar surface area (TPSA) is 64.8 Å². The van der Waals surface area contributed by atoms with E-state index in [-0.39, 0.29) is 18.2 Å². The maximum atomic E-state index is 12.5. The second-order valence-electron chi connectivity index (χ2n) is 6.81. The van der Waals surface area contributed by atoms with E-state index < -0.39 is 5.60 Å². The van der Waals surface area contributed by atoms with Crippen molar-refractivity contribution in [2.45, 2.75) is 44.9 Å². The second-order valence-corrected chi connectivity index (χ2v) is 7.24. The number of nitrogens with zero attached hydrogens (tertiary/aromatic N) is 1. The van der Waals surface area contributed by atoms with Crippen molar-refractivity contribution >= 4 is 17.7 Å². The second kappa shape index (κ2) is 7.51. The van der Waals surface area contributed by atoms with Gasteiger partial charge in [-0.05, 0) is 44.9 Å². The van der Waals surface area contributed by atoms with Crippen LogP contribution in [0.3, 0.4) is 0 Å². The summed E-state index contributed by atoms with van der Waals surface area (Å²) >= 11 is 5.92. The number of halogens is 1. The highest BCUT2D eigenvalue weighted by molar-refractivity contribution is 6.30. The number of carbonyl (C=O) groups is 1. The first kappa shape index (κ1) is 18.0. The molecule has 1 amide bonds. The first-order chi connectivity index (χ1) is 10.8. The normalized spacial score (nSPS) is 22.0. The minimum Gasteiger partial charge on any atom is -0.444 e. The molecule has 6 heteroatoms. The fourth-order valence-electron chi connectivity index (χ4n) is 2.51. The number of amides is 1. The average molecular weight is 341 g/mol. The van der Waals surface area contributed by atoms with Crippen LogP contribution in [0.1, 0.15) is 26.3 Å². The fraction of sp³-hybridized carbons (Fsp3) is 0.588. The molecule has 1 aromatic rings. The maximum Gasteiger partial charge on any atom is 0.410 e. The summed E-state index contributed by atoms with van der Waals surface area (Å²) in [7, 11) is 0. The van der Waals surface area contributed by atoms with Gasteiger partial charge in [0.1, 0.15) is 5.60 Å². The van der Waals surface area contributed by atoms with Crippen molar-refractivity contribution in [3.8, 4) is 0 Å². The first-order valence-electron chi connectivity index (χ1n) is 7.84. The lowest BCUT2D eigenvalue weighted by Crippen LogP contribution is -2.55. The van der Waals surface area contributed by atoms with Gasteiger partial charge >= 0.3 is 6.09 Å². The number of morpholine rings is 1. The molecule has 0 saturated carbocycles. The van der Waals surface area contributed by atoms with E-state index in [1.54, 1.807) is 4.90 Å². The van der Waals surface area contributed by atoms with E-state index in [9.17, 15) is 4.79 Å². The van der Waals surface area contributed by atoms with Crippen molar-refractivity contribution in [3.05, 3.63) is 34.9 Å². The third-order valence-electron chi connectivity index (χ3n) is 3.64. The molecule has 128 valence electrons. The molecule has 2 N–H and O–H groups in total. The third kappa shape index (κ3) is 5.37. The highest BCUT2D eigenvalue weighted by atomic mass is 35.5. The van der Waals surface area contributed by atoms with Gasteiger partial charge < -0.3 is 15.2 Å². The predicted octanol–water partition coefficient (Wildman–Crippen LogP) is 2.85. The van der Waals surface area contributed by atoms with Crippen molar-refractivity contribution in [2.75, 3.05) is 19.7 Å². The zero-order valence-electron chi connectivity index (χ0n) is 13.9. The van der Waals surface area contributed by atoms with Crippen LogP contribution in [0.15, 0.2) is 24.3 Å². The SMILES string of the molecule is CC(C)(C)OC(=O)N1C[C@H](CN)OC[C@@H]1Cc1ccc(Cl)cc1. The maximum absolute atomic E-state index is 12.5. The Hall–Kier alpha value is -1.30. The Kier molecular flexibility index (Phi) is 5.89. The minimum atomic E-state index is -0.529. The van der Waals surface area contributed by atoms with Crippen LogP contribution in [0.4, 0.5) is 4.79 Å². The summed E-state index contributed by atoms with van der Waals surface area (Å²) in [5, 5.41) is 0.695. The van der Waals surface area contributed by atoms with Gasteiger partial charge in [-0.1, -0.05) is 23.7 Å². The number of hydrogen-bond donors (Lipinski definition) is 1. The van der Waals surface area contributed by atoms with E-state index in [2.05, 4.69) is 0 Å². The molecule has 1 aromatic carbocycles. The molecule has 1 heterocycles. The molecule has 0 radical (unpaired) electrons. The highest BCUT2D eigenvalue weighted by Gasteiger charge is 2.34. The van der Waals surface area contributed by atoms with Crippen LogP contribution < -0.4 is 5.73 Å². The van der Waals surface area contributed by atoms with Crippen LogP contribution >= 0.6 is 11.6 Å². The quantitative estimate of drug-likeness (QED) is 0.919. The van der Waals surface area contributed by atoms with E-state index in [4.69, 9.17) is 26.8 Å². The van der Waals surface area contributed by atoms with Gasteiger partial charge in [0.25, 0.3) is 0 Å². The number of benzene rings is 1. The fourth-order valence-corrected chi connectivity index (χ4v) is 2.63. The average Bonchev–Trinajstić information content (AvgIpc) is 2.48. The Morgan fingerprint density at radius 2 is 2.04 bits per heavy atom. The van der Waals surface area contributed by atoms with Gasteiger partial charge in [-0.25, -0.2) is 4.79 Å². The Morgan fingerprint density at radius 3 is 2.61 bits per heavy atom. The molecule has 2 atom stereocenters. The number of nitrogens with two attached hydrogens (primary N) is 1. The van der Waals surface area contributed by atoms with E-state index in [0.717, 1.165) is 5.56 Å². The molecule has 23 heavy (non-hydrogen) atoms. The zero-order chi connectivity index (χ0) is 17.0. The van der Waals surface area contributed by atoms with Crippen LogP contribution in [0.2, 0.25) is 5.02 Å². The monoisotopic (exact) mass is 340 g/mol. The molecule has 0 aromatic heterocycles. The van der Waals surface area contributed by atoms with Gasteiger partial charge in [0, 0.05) is 11.6 Å². The molecule has 0 spiro atoms. The summed E-state index contributed by atoms with van der Waals surface area (Å²) < 4.78 is 11.3. The van der Waals surface area contributed by atoms with Crippen LogP contribution in [-0.4, -0.2) is 48.4 Å². The van der Waals surface area contributed by atoms with Crippen LogP contribution in [0, 0.1) is 0 Å². The molecule has 0 unspecified atom stereocenters. The van der Waals surface area contributed by atoms with Gasteiger partial charge in [-0.3, -0.25) is 4.90 Å².